The van der Waals surface area contributed by atoms with E-state index in [0.29, 0.717) is 31.0 Å². The number of aliphatic hydroxyl groups is 2. The average Bonchev–Trinajstić information content (AvgIpc) is 3.67. The Kier molecular flexibility index (Phi) is 9.25. The Morgan fingerprint density at radius 2 is 1.86 bits per heavy atom. The van der Waals surface area contributed by atoms with Crippen molar-refractivity contribution in [3.8, 4) is 11.3 Å². The van der Waals surface area contributed by atoms with Crippen LogP contribution in [0.3, 0.4) is 0 Å². The van der Waals surface area contributed by atoms with E-state index in [1.807, 2.05) is 17.9 Å². The van der Waals surface area contributed by atoms with Crippen LogP contribution < -0.4 is 0 Å². The molecule has 3 aromatic rings. The van der Waals surface area contributed by atoms with Crippen molar-refractivity contribution in [2.24, 2.45) is 0 Å². The molecule has 0 spiro atoms. The Labute approximate surface area is 240 Å². The van der Waals surface area contributed by atoms with Crippen LogP contribution in [0.15, 0.2) is 28.9 Å². The number of methoxy groups -OCH3 is 1. The number of rotatable bonds is 9. The van der Waals surface area contributed by atoms with E-state index in [-0.39, 0.29) is 29.5 Å². The monoisotopic (exact) mass is 593 g/mol. The standard InChI is InChI=1S/C28H34F3N5O6/c1-3-4-24(38)35-7-5-15(6-8-35)21-11-17(33-42-21)12-22-28(40-2)26(27(39)23(14-37)41-22)36-13-20(32-34-36)16-9-18(29)25(31)19(30)10-16/h9-11,13,15,22-23,26-28,37,39H,3-8,12,14H2,1-2H3/t22-,23-,26+,27+,28+/m1/s1. The second-order valence-corrected chi connectivity index (χ2v) is 10.7. The highest BCUT2D eigenvalue weighted by atomic mass is 19.2. The van der Waals surface area contributed by atoms with E-state index in [0.717, 1.165) is 31.4 Å². The van der Waals surface area contributed by atoms with Gasteiger partial charge in [-0.15, -0.1) is 5.10 Å². The van der Waals surface area contributed by atoms with E-state index in [2.05, 4.69) is 15.5 Å². The number of halogens is 3. The van der Waals surface area contributed by atoms with Crippen LogP contribution in [-0.2, 0) is 20.7 Å². The minimum absolute atomic E-state index is 0.0425. The number of nitrogens with zero attached hydrogens (tertiary/aromatic N) is 5. The SMILES string of the molecule is CCCC(=O)N1CCC(c2cc(C[C@H]3O[C@H](CO)[C@H](O)[C@H](n4cc(-c5cc(F)c(F)c(F)c5)nn4)[C@H]3OC)no2)CC1. The third-order valence-electron chi connectivity index (χ3n) is 8.03. The number of benzene rings is 1. The van der Waals surface area contributed by atoms with Crippen molar-refractivity contribution in [1.82, 2.24) is 25.1 Å². The molecule has 2 aromatic heterocycles. The number of aliphatic hydroxyl groups excluding tert-OH is 2. The minimum Gasteiger partial charge on any atom is -0.394 e. The molecule has 1 amide bonds. The van der Waals surface area contributed by atoms with Gasteiger partial charge in [0.1, 0.15) is 35.8 Å². The predicted molar refractivity (Wildman–Crippen MR) is 141 cm³/mol. The molecular formula is C28H34F3N5O6. The summed E-state index contributed by atoms with van der Waals surface area (Å²) in [5.74, 6) is -3.33. The zero-order chi connectivity index (χ0) is 30.0. The molecule has 0 bridgehead atoms. The summed E-state index contributed by atoms with van der Waals surface area (Å²) in [5, 5.41) is 33.2. The first kappa shape index (κ1) is 30.1. The molecule has 0 radical (unpaired) electrons. The van der Waals surface area contributed by atoms with E-state index in [9.17, 15) is 28.2 Å². The second kappa shape index (κ2) is 12.9. The Morgan fingerprint density at radius 3 is 2.50 bits per heavy atom. The van der Waals surface area contributed by atoms with Crippen molar-refractivity contribution >= 4 is 5.91 Å². The summed E-state index contributed by atoms with van der Waals surface area (Å²) in [6.07, 6.45) is 0.703. The fraction of sp³-hybridized carbons (Fsp3) is 0.571. The van der Waals surface area contributed by atoms with Crippen LogP contribution in [-0.4, -0.2) is 92.4 Å². The molecule has 11 nitrogen and oxygen atoms in total. The first-order valence-corrected chi connectivity index (χ1v) is 14.0. The molecule has 0 unspecified atom stereocenters. The van der Waals surface area contributed by atoms with Crippen LogP contribution in [0.5, 0.6) is 0 Å². The lowest BCUT2D eigenvalue weighted by molar-refractivity contribution is -0.212. The van der Waals surface area contributed by atoms with Gasteiger partial charge >= 0.3 is 0 Å². The lowest BCUT2D eigenvalue weighted by Crippen LogP contribution is -2.57. The van der Waals surface area contributed by atoms with Gasteiger partial charge in [0.2, 0.25) is 5.91 Å². The fourth-order valence-corrected chi connectivity index (χ4v) is 5.80. The molecule has 0 saturated carbocycles. The minimum atomic E-state index is -1.59. The number of hydrogen-bond acceptors (Lipinski definition) is 9. The van der Waals surface area contributed by atoms with Crippen molar-refractivity contribution in [1.29, 1.82) is 0 Å². The third kappa shape index (κ3) is 6.07. The van der Waals surface area contributed by atoms with Gasteiger partial charge in [0, 0.05) is 50.6 Å². The maximum Gasteiger partial charge on any atom is 0.222 e. The molecule has 42 heavy (non-hydrogen) atoms. The van der Waals surface area contributed by atoms with Crippen molar-refractivity contribution in [3.63, 3.8) is 0 Å². The summed E-state index contributed by atoms with van der Waals surface area (Å²) >= 11 is 0. The summed E-state index contributed by atoms with van der Waals surface area (Å²) in [6, 6.07) is 2.55. The van der Waals surface area contributed by atoms with E-state index >= 15 is 0 Å². The van der Waals surface area contributed by atoms with E-state index in [1.165, 1.54) is 18.0 Å². The van der Waals surface area contributed by atoms with Gasteiger partial charge in [0.05, 0.1) is 24.6 Å². The molecule has 4 heterocycles. The van der Waals surface area contributed by atoms with Gasteiger partial charge in [-0.3, -0.25) is 4.79 Å². The van der Waals surface area contributed by atoms with E-state index in [1.54, 1.807) is 0 Å². The van der Waals surface area contributed by atoms with Crippen molar-refractivity contribution in [2.75, 3.05) is 26.8 Å². The molecule has 5 rings (SSSR count). The van der Waals surface area contributed by atoms with Crippen LogP contribution in [0.25, 0.3) is 11.3 Å². The molecule has 2 saturated heterocycles. The lowest BCUT2D eigenvalue weighted by atomic mass is 9.89. The van der Waals surface area contributed by atoms with Crippen LogP contribution >= 0.6 is 0 Å². The van der Waals surface area contributed by atoms with Gasteiger partial charge in [-0.05, 0) is 31.4 Å². The summed E-state index contributed by atoms with van der Waals surface area (Å²) < 4.78 is 59.8. The van der Waals surface area contributed by atoms with Gasteiger partial charge in [-0.1, -0.05) is 17.3 Å². The molecule has 2 fully saturated rings. The quantitative estimate of drug-likeness (QED) is 0.359. The number of piperidine rings is 1. The molecule has 2 aliphatic heterocycles. The summed E-state index contributed by atoms with van der Waals surface area (Å²) in [5.41, 5.74) is 0.589. The van der Waals surface area contributed by atoms with Crippen LogP contribution in [0, 0.1) is 17.5 Å². The lowest BCUT2D eigenvalue weighted by Gasteiger charge is -2.43. The van der Waals surface area contributed by atoms with Crippen LogP contribution in [0.2, 0.25) is 0 Å². The van der Waals surface area contributed by atoms with E-state index in [4.69, 9.17) is 14.0 Å². The fourth-order valence-electron chi connectivity index (χ4n) is 5.80. The highest BCUT2D eigenvalue weighted by Crippen LogP contribution is 2.35. The summed E-state index contributed by atoms with van der Waals surface area (Å²) in [4.78, 5) is 14.1. The zero-order valence-corrected chi connectivity index (χ0v) is 23.3. The maximum atomic E-state index is 13.8. The summed E-state index contributed by atoms with van der Waals surface area (Å²) in [6.45, 7) is 2.80. The van der Waals surface area contributed by atoms with Crippen LogP contribution in [0.4, 0.5) is 13.2 Å². The highest BCUT2D eigenvalue weighted by Gasteiger charge is 2.47. The first-order valence-electron chi connectivity index (χ1n) is 14.0. The number of likely N-dealkylation sites (tertiary alicyclic amines) is 1. The zero-order valence-electron chi connectivity index (χ0n) is 23.3. The van der Waals surface area contributed by atoms with Crippen molar-refractivity contribution in [2.45, 2.75) is 75.4 Å². The Balaban J connectivity index is 1.32. The average molecular weight is 594 g/mol. The largest absolute Gasteiger partial charge is 0.394 e. The Bertz CT molecular complexity index is 1350. The topological polar surface area (TPSA) is 136 Å². The van der Waals surface area contributed by atoms with Crippen LogP contribution in [0.1, 0.15) is 56.0 Å². The normalized spacial score (nSPS) is 25.2. The molecular weight excluding hydrogens is 559 g/mol. The molecule has 2 aliphatic rings. The van der Waals surface area contributed by atoms with Gasteiger partial charge < -0.3 is 29.1 Å². The smallest absolute Gasteiger partial charge is 0.222 e. The maximum absolute atomic E-state index is 13.8. The van der Waals surface area contributed by atoms with Crippen molar-refractivity contribution < 1.29 is 42.2 Å². The molecule has 1 aromatic carbocycles. The van der Waals surface area contributed by atoms with Gasteiger partial charge in [0.15, 0.2) is 17.5 Å². The number of carbonyl (C=O) groups excluding carboxylic acids is 1. The molecule has 2 N–H and O–H groups in total. The molecule has 14 heteroatoms. The van der Waals surface area contributed by atoms with Gasteiger partial charge in [-0.25, -0.2) is 17.9 Å². The number of ether oxygens (including phenoxy) is 2. The Hall–Kier alpha value is -3.33. The first-order chi connectivity index (χ1) is 20.2. The number of amides is 1. The molecule has 228 valence electrons. The number of aromatic nitrogens is 4. The summed E-state index contributed by atoms with van der Waals surface area (Å²) in [7, 11) is 1.43. The number of carbonyl (C=O) groups is 1. The van der Waals surface area contributed by atoms with Crippen molar-refractivity contribution in [3.05, 3.63) is 53.3 Å². The van der Waals surface area contributed by atoms with Gasteiger partial charge in [0.25, 0.3) is 0 Å². The second-order valence-electron chi connectivity index (χ2n) is 10.7. The predicted octanol–water partition coefficient (Wildman–Crippen LogP) is 2.78. The third-order valence-corrected chi connectivity index (χ3v) is 8.03. The Morgan fingerprint density at radius 1 is 1.14 bits per heavy atom. The number of hydrogen-bond donors (Lipinski definition) is 2. The van der Waals surface area contributed by atoms with Gasteiger partial charge in [-0.2, -0.15) is 0 Å². The molecule has 0 aliphatic carbocycles. The van der Waals surface area contributed by atoms with E-state index < -0.39 is 54.5 Å². The highest BCUT2D eigenvalue weighted by molar-refractivity contribution is 5.76. The molecule has 5 atom stereocenters.